The fraction of sp³-hybridized carbons (Fsp3) is 0.120. The molecule has 0 saturated heterocycles. The second kappa shape index (κ2) is 8.85. The van der Waals surface area contributed by atoms with Crippen LogP contribution >= 0.6 is 0 Å². The molecule has 0 unspecified atom stereocenters. The summed E-state index contributed by atoms with van der Waals surface area (Å²) in [5, 5.41) is 0. The molecule has 0 aliphatic carbocycles. The zero-order valence-corrected chi connectivity index (χ0v) is 17.0. The number of hydrogen-bond acceptors (Lipinski definition) is 2. The van der Waals surface area contributed by atoms with Gasteiger partial charge in [0, 0.05) is 0 Å². The van der Waals surface area contributed by atoms with E-state index in [1.807, 2.05) is 67.6 Å². The number of rotatable bonds is 6. The van der Waals surface area contributed by atoms with Crippen LogP contribution in [0, 0.1) is 13.8 Å². The van der Waals surface area contributed by atoms with E-state index in [2.05, 4.69) is 19.1 Å². The van der Waals surface area contributed by atoms with Gasteiger partial charge in [-0.05, 0) is 61.2 Å². The maximum Gasteiger partial charge on any atom is 0.206 e. The number of benzene rings is 3. The maximum atomic E-state index is 13.2. The lowest BCUT2D eigenvalue weighted by Crippen LogP contribution is -2.03. The van der Waals surface area contributed by atoms with E-state index in [1.165, 1.54) is 11.1 Å². The average molecular weight is 389 g/mol. The molecule has 28 heavy (non-hydrogen) atoms. The number of sulfone groups is 1. The summed E-state index contributed by atoms with van der Waals surface area (Å²) >= 11 is 0. The van der Waals surface area contributed by atoms with Crippen LogP contribution in [0.25, 0.3) is 6.08 Å². The van der Waals surface area contributed by atoms with Crippen molar-refractivity contribution in [3.05, 3.63) is 118 Å². The van der Waals surface area contributed by atoms with E-state index in [9.17, 15) is 8.42 Å². The van der Waals surface area contributed by atoms with Crippen LogP contribution in [-0.2, 0) is 16.3 Å². The van der Waals surface area contributed by atoms with Gasteiger partial charge in [-0.1, -0.05) is 78.4 Å². The van der Waals surface area contributed by atoms with E-state index >= 15 is 0 Å². The van der Waals surface area contributed by atoms with E-state index in [1.54, 1.807) is 24.3 Å². The molecule has 142 valence electrons. The first-order chi connectivity index (χ1) is 13.5. The van der Waals surface area contributed by atoms with Crippen LogP contribution < -0.4 is 0 Å². The molecule has 0 spiro atoms. The van der Waals surface area contributed by atoms with Gasteiger partial charge in [0.1, 0.15) is 0 Å². The van der Waals surface area contributed by atoms with Gasteiger partial charge in [-0.3, -0.25) is 0 Å². The minimum Gasteiger partial charge on any atom is -0.219 e. The molecule has 0 radical (unpaired) electrons. The molecule has 0 bridgehead atoms. The Bertz CT molecular complexity index is 1090. The number of allylic oxidation sites excluding steroid dienone is 2. The van der Waals surface area contributed by atoms with Gasteiger partial charge >= 0.3 is 0 Å². The number of hydrogen-bond donors (Lipinski definition) is 0. The van der Waals surface area contributed by atoms with Crippen molar-refractivity contribution in [3.8, 4) is 0 Å². The van der Waals surface area contributed by atoms with Gasteiger partial charge in [0.05, 0.1) is 9.80 Å². The second-order valence-corrected chi connectivity index (χ2v) is 8.76. The molecule has 3 heteroatoms. The van der Waals surface area contributed by atoms with E-state index in [4.69, 9.17) is 0 Å². The minimum atomic E-state index is -3.61. The fourth-order valence-electron chi connectivity index (χ4n) is 2.92. The molecule has 3 aromatic carbocycles. The van der Waals surface area contributed by atoms with Gasteiger partial charge in [0.25, 0.3) is 0 Å². The molecule has 0 N–H and O–H groups in total. The van der Waals surface area contributed by atoms with Crippen molar-refractivity contribution >= 4 is 15.9 Å². The molecule has 0 fully saturated rings. The lowest BCUT2D eigenvalue weighted by atomic mass is 10.1. The third-order valence-electron chi connectivity index (χ3n) is 4.63. The summed E-state index contributed by atoms with van der Waals surface area (Å²) in [5.41, 5.74) is 4.27. The van der Waals surface area contributed by atoms with Crippen LogP contribution in [0.5, 0.6) is 0 Å². The van der Waals surface area contributed by atoms with Gasteiger partial charge < -0.3 is 0 Å². The monoisotopic (exact) mass is 388 g/mol. The molecule has 0 atom stereocenters. The topological polar surface area (TPSA) is 34.1 Å². The van der Waals surface area contributed by atoms with Gasteiger partial charge in [-0.15, -0.1) is 0 Å². The Balaban J connectivity index is 1.98. The fourth-order valence-corrected chi connectivity index (χ4v) is 4.26. The zero-order chi connectivity index (χ0) is 20.0. The van der Waals surface area contributed by atoms with Gasteiger partial charge in [0.15, 0.2) is 0 Å². The summed E-state index contributed by atoms with van der Waals surface area (Å²) in [6.45, 7) is 4.01. The van der Waals surface area contributed by atoms with Gasteiger partial charge in [-0.2, -0.15) is 0 Å². The summed E-state index contributed by atoms with van der Waals surface area (Å²) in [6.07, 6.45) is 6.04. The molecule has 0 aromatic heterocycles. The van der Waals surface area contributed by atoms with Crippen LogP contribution in [0.4, 0.5) is 0 Å². The Labute approximate surface area is 167 Å². The van der Waals surface area contributed by atoms with Crippen LogP contribution in [0.1, 0.15) is 22.3 Å². The molecular formula is C25H24O2S. The first-order valence-electron chi connectivity index (χ1n) is 9.26. The standard InChI is InChI=1S/C25H24O2S/c1-20-15-17-24(18-16-20)28(26,27)25(19-22-10-4-3-5-11-22)14-8-13-23-12-7-6-9-21(23)2/h3-12,14-19H,13H2,1-2H3/b14-8+,25-19+. The summed E-state index contributed by atoms with van der Waals surface area (Å²) in [6, 6.07) is 24.6. The lowest BCUT2D eigenvalue weighted by molar-refractivity contribution is 0.603. The Hall–Kier alpha value is -2.91. The van der Waals surface area contributed by atoms with Crippen LogP contribution in [-0.4, -0.2) is 8.42 Å². The molecule has 3 aromatic rings. The summed E-state index contributed by atoms with van der Waals surface area (Å²) in [4.78, 5) is 0.594. The SMILES string of the molecule is Cc1ccc(S(=O)(=O)C(/C=C/Cc2ccccc2C)=C/c2ccccc2)cc1. The van der Waals surface area contributed by atoms with E-state index < -0.39 is 9.84 Å². The maximum absolute atomic E-state index is 13.2. The van der Waals surface area contributed by atoms with Crippen molar-refractivity contribution in [2.45, 2.75) is 25.2 Å². The molecule has 0 saturated carbocycles. The van der Waals surface area contributed by atoms with Crippen LogP contribution in [0.2, 0.25) is 0 Å². The Morgan fingerprint density at radius 1 is 0.821 bits per heavy atom. The van der Waals surface area contributed by atoms with Crippen molar-refractivity contribution in [1.29, 1.82) is 0 Å². The number of aryl methyl sites for hydroxylation is 2. The van der Waals surface area contributed by atoms with Crippen LogP contribution in [0.3, 0.4) is 0 Å². The molecule has 0 aliphatic rings. The predicted molar refractivity (Wildman–Crippen MR) is 117 cm³/mol. The summed E-state index contributed by atoms with van der Waals surface area (Å²) < 4.78 is 26.5. The van der Waals surface area contributed by atoms with E-state index in [0.29, 0.717) is 11.3 Å². The highest BCUT2D eigenvalue weighted by molar-refractivity contribution is 7.95. The molecule has 3 rings (SSSR count). The first-order valence-corrected chi connectivity index (χ1v) is 10.7. The van der Waals surface area contributed by atoms with Crippen molar-refractivity contribution in [2.75, 3.05) is 0 Å². The quantitative estimate of drug-likeness (QED) is 0.491. The molecule has 2 nitrogen and oxygen atoms in total. The third-order valence-corrected chi connectivity index (χ3v) is 6.40. The smallest absolute Gasteiger partial charge is 0.206 e. The molecule has 0 aliphatic heterocycles. The summed E-state index contributed by atoms with van der Waals surface area (Å²) in [7, 11) is -3.61. The highest BCUT2D eigenvalue weighted by Crippen LogP contribution is 2.23. The molecule has 0 heterocycles. The Morgan fingerprint density at radius 3 is 2.14 bits per heavy atom. The van der Waals surface area contributed by atoms with Gasteiger partial charge in [-0.25, -0.2) is 8.42 Å². The van der Waals surface area contributed by atoms with Crippen molar-refractivity contribution < 1.29 is 8.42 Å². The predicted octanol–water partition coefficient (Wildman–Crippen LogP) is 5.92. The Kier molecular flexibility index (Phi) is 6.27. The summed E-state index contributed by atoms with van der Waals surface area (Å²) in [5.74, 6) is 0. The average Bonchev–Trinajstić information content (AvgIpc) is 2.70. The Morgan fingerprint density at radius 2 is 1.46 bits per heavy atom. The molecule has 0 amide bonds. The van der Waals surface area contributed by atoms with Gasteiger partial charge in [0.2, 0.25) is 9.84 Å². The van der Waals surface area contributed by atoms with Crippen molar-refractivity contribution in [1.82, 2.24) is 0 Å². The second-order valence-electron chi connectivity index (χ2n) is 6.81. The molecular weight excluding hydrogens is 364 g/mol. The van der Waals surface area contributed by atoms with E-state index in [-0.39, 0.29) is 4.91 Å². The minimum absolute atomic E-state index is 0.288. The zero-order valence-electron chi connectivity index (χ0n) is 16.2. The highest BCUT2D eigenvalue weighted by atomic mass is 32.2. The highest BCUT2D eigenvalue weighted by Gasteiger charge is 2.18. The third kappa shape index (κ3) is 4.87. The van der Waals surface area contributed by atoms with Crippen molar-refractivity contribution in [2.24, 2.45) is 0 Å². The van der Waals surface area contributed by atoms with E-state index in [0.717, 1.165) is 11.1 Å². The largest absolute Gasteiger partial charge is 0.219 e. The van der Waals surface area contributed by atoms with Crippen LogP contribution in [0.15, 0.2) is 101 Å². The van der Waals surface area contributed by atoms with Crippen molar-refractivity contribution in [3.63, 3.8) is 0 Å². The normalized spacial score (nSPS) is 12.4. The lowest BCUT2D eigenvalue weighted by Gasteiger charge is -2.07. The first kappa shape index (κ1) is 19.8.